The predicted molar refractivity (Wildman–Crippen MR) is 128 cm³/mol. The van der Waals surface area contributed by atoms with Gasteiger partial charge < -0.3 is 19.4 Å². The fourth-order valence-corrected chi connectivity index (χ4v) is 4.09. The number of thioether (sulfide) groups is 1. The molecule has 4 rings (SSSR count). The molecule has 1 N–H and O–H groups in total. The fourth-order valence-electron chi connectivity index (χ4n) is 3.25. The van der Waals surface area contributed by atoms with Crippen LogP contribution in [0.15, 0.2) is 78.0 Å². The predicted octanol–water partition coefficient (Wildman–Crippen LogP) is 5.01. The topological polar surface area (TPSA) is 67.5 Å². The van der Waals surface area contributed by atoms with Crippen LogP contribution in [0.1, 0.15) is 15.9 Å². The highest BCUT2D eigenvalue weighted by molar-refractivity contribution is 7.98. The first kappa shape index (κ1) is 21.8. The summed E-state index contributed by atoms with van der Waals surface area (Å²) in [6.07, 6.45) is 0. The minimum Gasteiger partial charge on any atom is -0.493 e. The van der Waals surface area contributed by atoms with Gasteiger partial charge in [0, 0.05) is 18.4 Å². The van der Waals surface area contributed by atoms with Gasteiger partial charge in [0.1, 0.15) is 6.61 Å². The van der Waals surface area contributed by atoms with Crippen LogP contribution < -0.4 is 9.47 Å². The van der Waals surface area contributed by atoms with Gasteiger partial charge in [-0.2, -0.15) is 0 Å². The van der Waals surface area contributed by atoms with E-state index in [2.05, 4.69) is 9.97 Å². The van der Waals surface area contributed by atoms with Gasteiger partial charge in [-0.1, -0.05) is 48.2 Å². The Morgan fingerprint density at radius 1 is 1.00 bits per heavy atom. The van der Waals surface area contributed by atoms with Gasteiger partial charge in [0.25, 0.3) is 5.91 Å². The zero-order chi connectivity index (χ0) is 22.3. The van der Waals surface area contributed by atoms with E-state index >= 15 is 0 Å². The maximum Gasteiger partial charge on any atom is 0.253 e. The lowest BCUT2D eigenvalue weighted by molar-refractivity contribution is 0.0773. The lowest BCUT2D eigenvalue weighted by Gasteiger charge is -2.18. The van der Waals surface area contributed by atoms with E-state index in [9.17, 15) is 4.79 Å². The number of rotatable bonds is 9. The Morgan fingerprint density at radius 2 is 1.72 bits per heavy atom. The maximum absolute atomic E-state index is 12.7. The number of ether oxygens (including phenoxy) is 2. The van der Waals surface area contributed by atoms with E-state index in [1.807, 2.05) is 72.8 Å². The molecule has 0 radical (unpaired) electrons. The molecule has 0 aliphatic heterocycles. The van der Waals surface area contributed by atoms with Crippen molar-refractivity contribution in [2.45, 2.75) is 10.9 Å². The highest BCUT2D eigenvalue weighted by Crippen LogP contribution is 2.26. The normalized spacial score (nSPS) is 10.8. The minimum absolute atomic E-state index is 0.0369. The van der Waals surface area contributed by atoms with Crippen LogP contribution >= 0.6 is 11.8 Å². The lowest BCUT2D eigenvalue weighted by atomic mass is 10.1. The van der Waals surface area contributed by atoms with Gasteiger partial charge >= 0.3 is 0 Å². The van der Waals surface area contributed by atoms with Crippen LogP contribution in [-0.2, 0) is 5.75 Å². The van der Waals surface area contributed by atoms with Gasteiger partial charge in [-0.15, -0.1) is 0 Å². The monoisotopic (exact) mass is 447 g/mol. The molecule has 4 aromatic rings. The summed E-state index contributed by atoms with van der Waals surface area (Å²) in [6.45, 7) is 0.857. The van der Waals surface area contributed by atoms with Crippen LogP contribution in [0, 0.1) is 0 Å². The largest absolute Gasteiger partial charge is 0.493 e. The average Bonchev–Trinajstić information content (AvgIpc) is 3.26. The second-order valence-corrected chi connectivity index (χ2v) is 8.23. The molecule has 0 fully saturated rings. The maximum atomic E-state index is 12.7. The molecule has 0 aliphatic rings. The van der Waals surface area contributed by atoms with E-state index in [1.54, 1.807) is 30.8 Å². The molecule has 1 amide bonds. The van der Waals surface area contributed by atoms with Crippen LogP contribution in [0.2, 0.25) is 0 Å². The number of fused-ring (bicyclic) bond motifs is 1. The molecule has 7 heteroatoms. The number of para-hydroxylation sites is 4. The number of carbonyl (C=O) groups excluding carboxylic acids is 1. The summed E-state index contributed by atoms with van der Waals surface area (Å²) in [5.74, 6) is 2.08. The Labute approximate surface area is 191 Å². The number of imidazole rings is 1. The number of carbonyl (C=O) groups is 1. The molecule has 1 heterocycles. The van der Waals surface area contributed by atoms with Gasteiger partial charge in [-0.05, 0) is 42.0 Å². The zero-order valence-corrected chi connectivity index (χ0v) is 18.9. The second kappa shape index (κ2) is 10.2. The van der Waals surface area contributed by atoms with E-state index in [1.165, 1.54) is 0 Å². The number of aromatic nitrogens is 2. The summed E-state index contributed by atoms with van der Waals surface area (Å²) in [5.41, 5.74) is 3.79. The van der Waals surface area contributed by atoms with Crippen molar-refractivity contribution in [1.82, 2.24) is 14.9 Å². The van der Waals surface area contributed by atoms with E-state index in [4.69, 9.17) is 9.47 Å². The van der Waals surface area contributed by atoms with Gasteiger partial charge in [0.05, 0.1) is 24.7 Å². The van der Waals surface area contributed by atoms with Gasteiger partial charge in [-0.25, -0.2) is 4.98 Å². The van der Waals surface area contributed by atoms with Gasteiger partial charge in [0.15, 0.2) is 16.7 Å². The third kappa shape index (κ3) is 5.23. The molecular formula is C25H25N3O3S. The number of likely N-dealkylation sites (N-methyl/N-ethyl adjacent to an activating group) is 1. The third-order valence-electron chi connectivity index (χ3n) is 5.04. The van der Waals surface area contributed by atoms with Crippen LogP contribution in [0.5, 0.6) is 11.5 Å². The van der Waals surface area contributed by atoms with Crippen molar-refractivity contribution in [3.8, 4) is 11.5 Å². The molecule has 32 heavy (non-hydrogen) atoms. The highest BCUT2D eigenvalue weighted by atomic mass is 32.2. The number of aromatic amines is 1. The van der Waals surface area contributed by atoms with Crippen molar-refractivity contribution in [2.75, 3.05) is 27.3 Å². The summed E-state index contributed by atoms with van der Waals surface area (Å²) >= 11 is 1.64. The number of hydrogen-bond acceptors (Lipinski definition) is 5. The Hall–Kier alpha value is -3.45. The number of hydrogen-bond donors (Lipinski definition) is 1. The Bertz CT molecular complexity index is 1160. The summed E-state index contributed by atoms with van der Waals surface area (Å²) in [4.78, 5) is 22.3. The van der Waals surface area contributed by atoms with E-state index in [-0.39, 0.29) is 5.91 Å². The van der Waals surface area contributed by atoms with Crippen LogP contribution in [0.25, 0.3) is 11.0 Å². The standard InChI is InChI=1S/C25H25N3O3S/c1-28(15-16-31-23-10-6-5-9-22(23)30-2)24(29)19-13-11-18(12-14-19)17-32-25-26-20-7-3-4-8-21(20)27-25/h3-14H,15-17H2,1-2H3,(H,26,27). The smallest absolute Gasteiger partial charge is 0.253 e. The molecule has 0 saturated heterocycles. The van der Waals surface area contributed by atoms with Crippen molar-refractivity contribution >= 4 is 28.7 Å². The molecule has 0 saturated carbocycles. The van der Waals surface area contributed by atoms with Crippen LogP contribution in [0.3, 0.4) is 0 Å². The number of nitrogens with zero attached hydrogens (tertiary/aromatic N) is 2. The summed E-state index contributed by atoms with van der Waals surface area (Å²) < 4.78 is 11.1. The number of H-pyrrole nitrogens is 1. The molecule has 0 spiro atoms. The molecule has 164 valence electrons. The summed E-state index contributed by atoms with van der Waals surface area (Å²) in [5, 5.41) is 0.890. The first-order valence-corrected chi connectivity index (χ1v) is 11.3. The first-order chi connectivity index (χ1) is 15.6. The van der Waals surface area contributed by atoms with Crippen molar-refractivity contribution in [1.29, 1.82) is 0 Å². The Morgan fingerprint density at radius 3 is 2.47 bits per heavy atom. The molecule has 3 aromatic carbocycles. The fraction of sp³-hybridized carbons (Fsp3) is 0.200. The highest BCUT2D eigenvalue weighted by Gasteiger charge is 2.12. The van der Waals surface area contributed by atoms with E-state index in [0.717, 1.165) is 27.5 Å². The zero-order valence-electron chi connectivity index (χ0n) is 18.1. The number of amides is 1. The molecule has 0 aliphatic carbocycles. The molecule has 1 aromatic heterocycles. The number of benzene rings is 3. The summed E-state index contributed by atoms with van der Waals surface area (Å²) in [6, 6.07) is 23.2. The quantitative estimate of drug-likeness (QED) is 0.365. The Balaban J connectivity index is 1.28. The SMILES string of the molecule is COc1ccccc1OCCN(C)C(=O)c1ccc(CSc2nc3ccccc3[nH]2)cc1. The first-order valence-electron chi connectivity index (χ1n) is 10.3. The lowest BCUT2D eigenvalue weighted by Crippen LogP contribution is -2.30. The van der Waals surface area contributed by atoms with Crippen molar-refractivity contribution < 1.29 is 14.3 Å². The Kier molecular flexibility index (Phi) is 6.97. The van der Waals surface area contributed by atoms with E-state index in [0.29, 0.717) is 30.2 Å². The molecule has 6 nitrogen and oxygen atoms in total. The van der Waals surface area contributed by atoms with Crippen molar-refractivity contribution in [3.63, 3.8) is 0 Å². The third-order valence-corrected chi connectivity index (χ3v) is 5.99. The van der Waals surface area contributed by atoms with Crippen LogP contribution in [-0.4, -0.2) is 48.1 Å². The number of methoxy groups -OCH3 is 1. The molecular weight excluding hydrogens is 422 g/mol. The molecule has 0 bridgehead atoms. The van der Waals surface area contributed by atoms with Crippen molar-refractivity contribution in [3.05, 3.63) is 83.9 Å². The molecule has 0 unspecified atom stereocenters. The van der Waals surface area contributed by atoms with Crippen molar-refractivity contribution in [2.24, 2.45) is 0 Å². The second-order valence-electron chi connectivity index (χ2n) is 7.27. The van der Waals surface area contributed by atoms with Gasteiger partial charge in [-0.3, -0.25) is 4.79 Å². The van der Waals surface area contributed by atoms with E-state index < -0.39 is 0 Å². The minimum atomic E-state index is -0.0369. The number of nitrogens with one attached hydrogen (secondary N) is 1. The summed E-state index contributed by atoms with van der Waals surface area (Å²) in [7, 11) is 3.38. The molecule has 0 atom stereocenters. The average molecular weight is 448 g/mol. The van der Waals surface area contributed by atoms with Crippen LogP contribution in [0.4, 0.5) is 0 Å². The van der Waals surface area contributed by atoms with Gasteiger partial charge in [0.2, 0.25) is 0 Å².